The number of nitrogens with one attached hydrogen (secondary N) is 1. The van der Waals surface area contributed by atoms with E-state index in [-0.39, 0.29) is 36.8 Å². The molecule has 1 heterocycles. The van der Waals surface area contributed by atoms with E-state index in [0.29, 0.717) is 22.3 Å². The van der Waals surface area contributed by atoms with Crippen LogP contribution in [0, 0.1) is 16.7 Å². The molecule has 2 amide bonds. The molecule has 0 aliphatic carbocycles. The van der Waals surface area contributed by atoms with E-state index in [1.165, 1.54) is 44.2 Å². The van der Waals surface area contributed by atoms with Gasteiger partial charge < -0.3 is 19.5 Å². The van der Waals surface area contributed by atoms with Gasteiger partial charge in [-0.15, -0.1) is 0 Å². The third-order valence-corrected chi connectivity index (χ3v) is 8.63. The van der Waals surface area contributed by atoms with E-state index in [1.54, 1.807) is 60.7 Å². The van der Waals surface area contributed by atoms with Gasteiger partial charge in [0.2, 0.25) is 0 Å². The highest BCUT2D eigenvalue weighted by Gasteiger charge is 2.59. The molecule has 1 aliphatic rings. The molecule has 1 aliphatic heterocycles. The maximum Gasteiger partial charge on any atom is 0.416 e. The number of amides is 2. The molecular weight excluding hydrogens is 691 g/mol. The third-order valence-electron chi connectivity index (χ3n) is 8.63. The molecule has 0 spiro atoms. The van der Waals surface area contributed by atoms with E-state index < -0.39 is 53.6 Å². The number of anilines is 1. The van der Waals surface area contributed by atoms with Crippen molar-refractivity contribution >= 4 is 29.6 Å². The number of nitrogens with zero attached hydrogens (tertiary/aromatic N) is 2. The summed E-state index contributed by atoms with van der Waals surface area (Å²) in [4.78, 5) is 57.6. The molecule has 0 fully saturated rings. The minimum absolute atomic E-state index is 0.0165. The Labute approximate surface area is 303 Å². The maximum atomic E-state index is 14.4. The summed E-state index contributed by atoms with van der Waals surface area (Å²) in [5.74, 6) is -3.91. The number of hydrogen-bond donors (Lipinski definition) is 1. The zero-order valence-electron chi connectivity index (χ0n) is 28.7. The standard InChI is InChI=1S/C40H34F3N3O7/c1-3-51-35(47)39(36(48)52-24-28-11-6-4-7-12-28,37(49)53-25-29-13-8-5-9-14-29)22-33-26(2)46(32-16-10-15-31(21-32)40(41,42)43)38(50)45-34(33)30-19-17-27(23-44)18-20-30/h4-21,34H,3,22,24-25H2,1-2H3,(H,45,50). The minimum atomic E-state index is -4.74. The Morgan fingerprint density at radius 3 is 1.85 bits per heavy atom. The molecule has 0 saturated carbocycles. The molecular formula is C40H34F3N3O7. The lowest BCUT2D eigenvalue weighted by molar-refractivity contribution is -0.185. The fourth-order valence-corrected chi connectivity index (χ4v) is 5.88. The summed E-state index contributed by atoms with van der Waals surface area (Å²) in [5, 5.41) is 12.2. The van der Waals surface area contributed by atoms with Crippen molar-refractivity contribution in [3.8, 4) is 6.07 Å². The van der Waals surface area contributed by atoms with Crippen molar-refractivity contribution in [2.24, 2.45) is 5.41 Å². The van der Waals surface area contributed by atoms with Gasteiger partial charge >= 0.3 is 30.1 Å². The Morgan fingerprint density at radius 1 is 0.792 bits per heavy atom. The molecule has 1 atom stereocenters. The molecule has 1 unspecified atom stereocenters. The van der Waals surface area contributed by atoms with E-state index in [9.17, 15) is 37.6 Å². The normalized spacial score (nSPS) is 14.5. The monoisotopic (exact) mass is 725 g/mol. The molecule has 4 aromatic carbocycles. The van der Waals surface area contributed by atoms with Gasteiger partial charge in [0.05, 0.1) is 35.5 Å². The molecule has 0 radical (unpaired) electrons. The highest BCUT2D eigenvalue weighted by Crippen LogP contribution is 2.43. The van der Waals surface area contributed by atoms with E-state index >= 15 is 0 Å². The van der Waals surface area contributed by atoms with Crippen LogP contribution in [-0.2, 0) is 48.0 Å². The Bertz CT molecular complexity index is 1990. The Balaban J connectivity index is 1.69. The molecule has 5 rings (SSSR count). The lowest BCUT2D eigenvalue weighted by atomic mass is 9.77. The van der Waals surface area contributed by atoms with Gasteiger partial charge in [-0.25, -0.2) is 4.79 Å². The molecule has 0 aromatic heterocycles. The van der Waals surface area contributed by atoms with Gasteiger partial charge in [0.15, 0.2) is 0 Å². The number of urea groups is 1. The molecule has 13 heteroatoms. The smallest absolute Gasteiger partial charge is 0.416 e. The molecule has 1 N–H and O–H groups in total. The number of esters is 3. The van der Waals surface area contributed by atoms with Crippen LogP contribution in [0.5, 0.6) is 0 Å². The van der Waals surface area contributed by atoms with Gasteiger partial charge in [0.25, 0.3) is 5.41 Å². The van der Waals surface area contributed by atoms with Gasteiger partial charge in [-0.3, -0.25) is 19.3 Å². The first-order valence-corrected chi connectivity index (χ1v) is 16.5. The quantitative estimate of drug-likeness (QED) is 0.0899. The van der Waals surface area contributed by atoms with Crippen LogP contribution >= 0.6 is 0 Å². The van der Waals surface area contributed by atoms with Crippen molar-refractivity contribution in [3.63, 3.8) is 0 Å². The second-order valence-corrected chi connectivity index (χ2v) is 12.0. The predicted octanol–water partition coefficient (Wildman–Crippen LogP) is 7.55. The molecule has 4 aromatic rings. The number of carbonyl (C=O) groups excluding carboxylic acids is 4. The summed E-state index contributed by atoms with van der Waals surface area (Å²) in [6.07, 6.45) is -5.52. The van der Waals surface area contributed by atoms with Crippen LogP contribution in [0.1, 0.15) is 54.1 Å². The zero-order chi connectivity index (χ0) is 38.2. The number of rotatable bonds is 12. The second-order valence-electron chi connectivity index (χ2n) is 12.0. The lowest BCUT2D eigenvalue weighted by Crippen LogP contribution is -2.53. The van der Waals surface area contributed by atoms with E-state index in [1.807, 2.05) is 6.07 Å². The van der Waals surface area contributed by atoms with Gasteiger partial charge in [-0.1, -0.05) is 78.9 Å². The van der Waals surface area contributed by atoms with Gasteiger partial charge in [0, 0.05) is 12.1 Å². The Hall–Kier alpha value is -6.42. The highest BCUT2D eigenvalue weighted by atomic mass is 19.4. The van der Waals surface area contributed by atoms with Crippen LogP contribution in [-0.4, -0.2) is 30.5 Å². The molecule has 10 nitrogen and oxygen atoms in total. The zero-order valence-corrected chi connectivity index (χ0v) is 28.7. The highest BCUT2D eigenvalue weighted by molar-refractivity contribution is 6.18. The average Bonchev–Trinajstić information content (AvgIpc) is 3.16. The van der Waals surface area contributed by atoms with Crippen LogP contribution in [0.25, 0.3) is 0 Å². The summed E-state index contributed by atoms with van der Waals surface area (Å²) in [7, 11) is 0. The van der Waals surface area contributed by atoms with Crippen molar-refractivity contribution in [3.05, 3.63) is 148 Å². The first-order valence-electron chi connectivity index (χ1n) is 16.5. The number of halogens is 3. The Kier molecular flexibility index (Phi) is 11.6. The van der Waals surface area contributed by atoms with Crippen LogP contribution in [0.2, 0.25) is 0 Å². The molecule has 0 bridgehead atoms. The van der Waals surface area contributed by atoms with Crippen molar-refractivity contribution < 1.29 is 46.6 Å². The number of benzene rings is 4. The third kappa shape index (κ3) is 8.39. The molecule has 0 saturated heterocycles. The van der Waals surface area contributed by atoms with Crippen molar-refractivity contribution in [2.75, 3.05) is 11.5 Å². The second kappa shape index (κ2) is 16.3. The maximum absolute atomic E-state index is 14.4. The summed E-state index contributed by atoms with van der Waals surface area (Å²) in [5.41, 5.74) is -2.17. The van der Waals surface area contributed by atoms with Gasteiger partial charge in [-0.05, 0) is 66.4 Å². The van der Waals surface area contributed by atoms with E-state index in [0.717, 1.165) is 23.1 Å². The summed E-state index contributed by atoms with van der Waals surface area (Å²) in [6, 6.07) is 27.1. The largest absolute Gasteiger partial charge is 0.465 e. The summed E-state index contributed by atoms with van der Waals surface area (Å²) in [6.45, 7) is 1.98. The van der Waals surface area contributed by atoms with E-state index in [2.05, 4.69) is 5.32 Å². The number of allylic oxidation sites excluding steroid dienone is 1. The van der Waals surface area contributed by atoms with Gasteiger partial charge in [-0.2, -0.15) is 18.4 Å². The molecule has 272 valence electrons. The van der Waals surface area contributed by atoms with Crippen LogP contribution in [0.3, 0.4) is 0 Å². The predicted molar refractivity (Wildman–Crippen MR) is 185 cm³/mol. The first kappa shape index (κ1) is 37.8. The van der Waals surface area contributed by atoms with Crippen LogP contribution in [0.4, 0.5) is 23.7 Å². The average molecular weight is 726 g/mol. The minimum Gasteiger partial charge on any atom is -0.465 e. The molecule has 53 heavy (non-hydrogen) atoms. The van der Waals surface area contributed by atoms with E-state index in [4.69, 9.17) is 14.2 Å². The fraction of sp³-hybridized carbons (Fsp3) is 0.225. The topological polar surface area (TPSA) is 135 Å². The number of nitriles is 1. The SMILES string of the molecule is CCOC(=O)C(CC1=C(C)N(c2cccc(C(F)(F)F)c2)C(=O)NC1c1ccc(C#N)cc1)(C(=O)OCc1ccccc1)C(=O)OCc1ccccc1. The van der Waals surface area contributed by atoms with Crippen molar-refractivity contribution in [1.29, 1.82) is 5.26 Å². The first-order chi connectivity index (χ1) is 25.4. The fourth-order valence-electron chi connectivity index (χ4n) is 5.88. The Morgan fingerprint density at radius 2 is 1.34 bits per heavy atom. The number of carbonyl (C=O) groups is 4. The number of alkyl halides is 3. The van der Waals surface area contributed by atoms with Crippen molar-refractivity contribution in [1.82, 2.24) is 5.32 Å². The van der Waals surface area contributed by atoms with Gasteiger partial charge in [0.1, 0.15) is 13.2 Å². The van der Waals surface area contributed by atoms with Crippen LogP contribution in [0.15, 0.2) is 120 Å². The summed E-state index contributed by atoms with van der Waals surface area (Å²) >= 11 is 0. The number of ether oxygens (including phenoxy) is 3. The van der Waals surface area contributed by atoms with Crippen molar-refractivity contribution in [2.45, 2.75) is 45.7 Å². The number of hydrogen-bond acceptors (Lipinski definition) is 8. The van der Waals surface area contributed by atoms with Crippen LogP contribution < -0.4 is 10.2 Å². The lowest BCUT2D eigenvalue weighted by Gasteiger charge is -2.39. The summed E-state index contributed by atoms with van der Waals surface area (Å²) < 4.78 is 58.0.